The Hall–Kier alpha value is -1.10. The third-order valence-electron chi connectivity index (χ3n) is 2.73. The molecule has 0 aromatic heterocycles. The summed E-state index contributed by atoms with van der Waals surface area (Å²) in [7, 11) is 0. The van der Waals surface area contributed by atoms with Crippen molar-refractivity contribution < 1.29 is 9.13 Å². The van der Waals surface area contributed by atoms with Gasteiger partial charge in [0.1, 0.15) is 0 Å². The molecule has 5 heteroatoms. The van der Waals surface area contributed by atoms with Crippen molar-refractivity contribution in [3.05, 3.63) is 17.9 Å². The first-order valence-electron chi connectivity index (χ1n) is 5.77. The van der Waals surface area contributed by atoms with Crippen molar-refractivity contribution in [2.24, 2.45) is 0 Å². The number of ether oxygens (including phenoxy) is 1. The summed E-state index contributed by atoms with van der Waals surface area (Å²) < 4.78 is 18.8. The van der Waals surface area contributed by atoms with Gasteiger partial charge in [0.05, 0.1) is 18.0 Å². The molecule has 0 atom stereocenters. The van der Waals surface area contributed by atoms with E-state index in [4.69, 9.17) is 10.5 Å². The summed E-state index contributed by atoms with van der Waals surface area (Å²) in [6, 6.07) is 3.06. The summed E-state index contributed by atoms with van der Waals surface area (Å²) in [5.74, 6) is 2.07. The van der Waals surface area contributed by atoms with Crippen LogP contribution in [0.1, 0.15) is 6.92 Å². The fourth-order valence-electron chi connectivity index (χ4n) is 1.90. The van der Waals surface area contributed by atoms with Crippen LogP contribution in [-0.4, -0.2) is 31.2 Å². The Bertz CT molecular complexity index is 394. The molecule has 0 saturated carbocycles. The number of thioether (sulfide) groups is 1. The van der Waals surface area contributed by atoms with Gasteiger partial charge in [-0.1, -0.05) is 0 Å². The summed E-state index contributed by atoms with van der Waals surface area (Å²) in [6.45, 7) is 4.20. The molecule has 1 saturated heterocycles. The zero-order valence-electron chi connectivity index (χ0n) is 9.91. The standard InChI is InChI=1S/C12H17FN2OS/c1-2-16-12-8-11(10(14)7-9(12)13)15-3-5-17-6-4-15/h7-8H,2-6,14H2,1H3. The van der Waals surface area contributed by atoms with Crippen LogP contribution in [0.4, 0.5) is 15.8 Å². The highest BCUT2D eigenvalue weighted by Gasteiger charge is 2.16. The summed E-state index contributed by atoms with van der Waals surface area (Å²) >= 11 is 1.93. The number of nitrogens with two attached hydrogens (primary N) is 1. The molecule has 0 radical (unpaired) electrons. The van der Waals surface area contributed by atoms with Gasteiger partial charge in [-0.3, -0.25) is 0 Å². The maximum Gasteiger partial charge on any atom is 0.167 e. The van der Waals surface area contributed by atoms with E-state index in [1.54, 1.807) is 6.07 Å². The number of nitrogens with zero attached hydrogens (tertiary/aromatic N) is 1. The molecule has 1 aromatic carbocycles. The van der Waals surface area contributed by atoms with E-state index in [0.717, 1.165) is 30.3 Å². The van der Waals surface area contributed by atoms with Crippen molar-refractivity contribution >= 4 is 23.1 Å². The maximum atomic E-state index is 13.6. The second-order valence-electron chi connectivity index (χ2n) is 3.87. The average molecular weight is 256 g/mol. The summed E-state index contributed by atoms with van der Waals surface area (Å²) in [6.07, 6.45) is 0. The van der Waals surface area contributed by atoms with Gasteiger partial charge in [0, 0.05) is 36.7 Å². The lowest BCUT2D eigenvalue weighted by atomic mass is 10.2. The molecule has 17 heavy (non-hydrogen) atoms. The highest BCUT2D eigenvalue weighted by molar-refractivity contribution is 7.99. The van der Waals surface area contributed by atoms with Crippen molar-refractivity contribution in [3.63, 3.8) is 0 Å². The van der Waals surface area contributed by atoms with Gasteiger partial charge in [-0.25, -0.2) is 4.39 Å². The Morgan fingerprint density at radius 3 is 2.76 bits per heavy atom. The second kappa shape index (κ2) is 5.49. The first-order valence-corrected chi connectivity index (χ1v) is 6.92. The molecule has 0 unspecified atom stereocenters. The van der Waals surface area contributed by atoms with Gasteiger partial charge in [-0.2, -0.15) is 11.8 Å². The third-order valence-corrected chi connectivity index (χ3v) is 3.68. The number of rotatable bonds is 3. The topological polar surface area (TPSA) is 38.5 Å². The number of nitrogen functional groups attached to an aromatic ring is 1. The van der Waals surface area contributed by atoms with Crippen molar-refractivity contribution in [3.8, 4) is 5.75 Å². The van der Waals surface area contributed by atoms with Crippen LogP contribution in [0.2, 0.25) is 0 Å². The molecule has 0 aliphatic carbocycles. The van der Waals surface area contributed by atoms with Gasteiger partial charge in [0.2, 0.25) is 0 Å². The van der Waals surface area contributed by atoms with E-state index in [1.807, 2.05) is 18.7 Å². The first-order chi connectivity index (χ1) is 8.22. The quantitative estimate of drug-likeness (QED) is 0.843. The lowest BCUT2D eigenvalue weighted by molar-refractivity contribution is 0.321. The van der Waals surface area contributed by atoms with Crippen LogP contribution in [0.25, 0.3) is 0 Å². The Morgan fingerprint density at radius 1 is 1.41 bits per heavy atom. The SMILES string of the molecule is CCOc1cc(N2CCSCC2)c(N)cc1F. The van der Waals surface area contributed by atoms with Crippen molar-refractivity contribution in [2.75, 3.05) is 41.8 Å². The molecule has 3 nitrogen and oxygen atoms in total. The fraction of sp³-hybridized carbons (Fsp3) is 0.500. The van der Waals surface area contributed by atoms with E-state index in [-0.39, 0.29) is 11.6 Å². The molecule has 2 N–H and O–H groups in total. The lowest BCUT2D eigenvalue weighted by Crippen LogP contribution is -2.33. The Kier molecular flexibility index (Phi) is 3.99. The van der Waals surface area contributed by atoms with Gasteiger partial charge < -0.3 is 15.4 Å². The normalized spacial score (nSPS) is 16.0. The van der Waals surface area contributed by atoms with E-state index < -0.39 is 0 Å². The molecule has 1 aliphatic rings. The van der Waals surface area contributed by atoms with E-state index in [2.05, 4.69) is 4.90 Å². The molecule has 1 aromatic rings. The van der Waals surface area contributed by atoms with Gasteiger partial charge in [0.15, 0.2) is 11.6 Å². The largest absolute Gasteiger partial charge is 0.491 e. The number of anilines is 2. The smallest absolute Gasteiger partial charge is 0.167 e. The third kappa shape index (κ3) is 2.77. The highest BCUT2D eigenvalue weighted by Crippen LogP contribution is 2.32. The Morgan fingerprint density at radius 2 is 2.12 bits per heavy atom. The maximum absolute atomic E-state index is 13.6. The fourth-order valence-corrected chi connectivity index (χ4v) is 2.81. The highest BCUT2D eigenvalue weighted by atomic mass is 32.2. The average Bonchev–Trinajstić information content (AvgIpc) is 2.34. The minimum absolute atomic E-state index is 0.287. The Balaban J connectivity index is 2.28. The second-order valence-corrected chi connectivity index (χ2v) is 5.10. The Labute approximate surface area is 105 Å². The van der Waals surface area contributed by atoms with Crippen molar-refractivity contribution in [1.29, 1.82) is 0 Å². The molecule has 1 fully saturated rings. The minimum atomic E-state index is -0.389. The first kappa shape index (κ1) is 12.4. The van der Waals surface area contributed by atoms with Crippen LogP contribution in [0.5, 0.6) is 5.75 Å². The predicted octanol–water partition coefficient (Wildman–Crippen LogP) is 2.36. The van der Waals surface area contributed by atoms with Crippen LogP contribution in [0.15, 0.2) is 12.1 Å². The number of hydrogen-bond donors (Lipinski definition) is 1. The van der Waals surface area contributed by atoms with Crippen LogP contribution >= 0.6 is 11.8 Å². The minimum Gasteiger partial charge on any atom is -0.491 e. The molecular formula is C12H17FN2OS. The van der Waals surface area contributed by atoms with Gasteiger partial charge in [-0.05, 0) is 6.92 Å². The molecule has 1 heterocycles. The molecular weight excluding hydrogens is 239 g/mol. The van der Waals surface area contributed by atoms with Crippen LogP contribution in [0.3, 0.4) is 0 Å². The zero-order chi connectivity index (χ0) is 12.3. The van der Waals surface area contributed by atoms with Crippen LogP contribution in [-0.2, 0) is 0 Å². The molecule has 0 amide bonds. The monoisotopic (exact) mass is 256 g/mol. The predicted molar refractivity (Wildman–Crippen MR) is 71.5 cm³/mol. The lowest BCUT2D eigenvalue weighted by Gasteiger charge is -2.29. The number of hydrogen-bond acceptors (Lipinski definition) is 4. The van der Waals surface area contributed by atoms with E-state index >= 15 is 0 Å². The van der Waals surface area contributed by atoms with Crippen LogP contribution < -0.4 is 15.4 Å². The summed E-state index contributed by atoms with van der Waals surface area (Å²) in [4.78, 5) is 2.19. The molecule has 94 valence electrons. The molecule has 0 bridgehead atoms. The molecule has 0 spiro atoms. The van der Waals surface area contributed by atoms with Crippen molar-refractivity contribution in [1.82, 2.24) is 0 Å². The summed E-state index contributed by atoms with van der Waals surface area (Å²) in [5, 5.41) is 0. The number of halogens is 1. The van der Waals surface area contributed by atoms with Gasteiger partial charge >= 0.3 is 0 Å². The molecule has 1 aliphatic heterocycles. The molecule has 2 rings (SSSR count). The van der Waals surface area contributed by atoms with E-state index in [1.165, 1.54) is 6.07 Å². The van der Waals surface area contributed by atoms with E-state index in [0.29, 0.717) is 12.3 Å². The zero-order valence-corrected chi connectivity index (χ0v) is 10.7. The van der Waals surface area contributed by atoms with Gasteiger partial charge in [-0.15, -0.1) is 0 Å². The van der Waals surface area contributed by atoms with Gasteiger partial charge in [0.25, 0.3) is 0 Å². The van der Waals surface area contributed by atoms with E-state index in [9.17, 15) is 4.39 Å². The number of benzene rings is 1. The van der Waals surface area contributed by atoms with Crippen LogP contribution in [0, 0.1) is 5.82 Å². The summed E-state index contributed by atoms with van der Waals surface area (Å²) in [5.41, 5.74) is 7.24. The van der Waals surface area contributed by atoms with Crippen molar-refractivity contribution in [2.45, 2.75) is 6.92 Å².